The number of hydrogen-bond acceptors (Lipinski definition) is 2. The zero-order chi connectivity index (χ0) is 11.5. The number of rotatable bonds is 1. The van der Waals surface area contributed by atoms with Crippen LogP contribution in [0.2, 0.25) is 0 Å². The molecule has 0 radical (unpaired) electrons. The molecule has 86 valence electrons. The van der Waals surface area contributed by atoms with Gasteiger partial charge in [0.15, 0.2) is 0 Å². The monoisotopic (exact) mass is 229 g/mol. The normalized spacial score (nSPS) is 19.6. The van der Waals surface area contributed by atoms with Gasteiger partial charge in [-0.3, -0.25) is 9.67 Å². The summed E-state index contributed by atoms with van der Waals surface area (Å²) in [4.78, 5) is 4.06. The Hall–Kier alpha value is -1.71. The molecule has 0 N–H and O–H groups in total. The number of nitrogens with zero attached hydrogens (tertiary/aromatic N) is 3. The summed E-state index contributed by atoms with van der Waals surface area (Å²) < 4.78 is 14.9. The van der Waals surface area contributed by atoms with Gasteiger partial charge in [0.25, 0.3) is 0 Å². The van der Waals surface area contributed by atoms with Crippen molar-refractivity contribution in [1.82, 2.24) is 14.8 Å². The van der Waals surface area contributed by atoms with E-state index in [1.807, 2.05) is 0 Å². The van der Waals surface area contributed by atoms with E-state index >= 15 is 0 Å². The fourth-order valence-electron chi connectivity index (χ4n) is 2.66. The van der Waals surface area contributed by atoms with Crippen molar-refractivity contribution in [3.63, 3.8) is 0 Å². The predicted molar refractivity (Wildman–Crippen MR) is 60.8 cm³/mol. The van der Waals surface area contributed by atoms with Crippen LogP contribution in [-0.2, 0) is 13.0 Å². The van der Waals surface area contributed by atoms with Crippen LogP contribution in [0, 0.1) is 11.2 Å². The summed E-state index contributed by atoms with van der Waals surface area (Å²) in [6.07, 6.45) is 5.05. The molecule has 2 aromatic rings. The van der Waals surface area contributed by atoms with Crippen molar-refractivity contribution in [2.45, 2.75) is 25.8 Å². The van der Waals surface area contributed by atoms with E-state index in [9.17, 15) is 4.39 Å². The molecule has 4 heteroatoms. The first-order valence-electron chi connectivity index (χ1n) is 5.93. The lowest BCUT2D eigenvalue weighted by Gasteiger charge is -2.02. The molecule has 3 heterocycles. The molecule has 0 aromatic carbocycles. The Morgan fingerprint density at radius 1 is 1.24 bits per heavy atom. The van der Waals surface area contributed by atoms with Gasteiger partial charge >= 0.3 is 0 Å². The number of pyridine rings is 1. The Morgan fingerprint density at radius 2 is 2.12 bits per heavy atom. The average Bonchev–Trinajstić information content (AvgIpc) is 2.80. The maximum Gasteiger partial charge on any atom is 0.141 e. The second kappa shape index (κ2) is 2.94. The Labute approximate surface area is 98.3 Å². The molecule has 0 unspecified atom stereocenters. The molecule has 1 fully saturated rings. The predicted octanol–water partition coefficient (Wildman–Crippen LogP) is 2.42. The number of hydrogen-bond donors (Lipinski definition) is 0. The summed E-state index contributed by atoms with van der Waals surface area (Å²) in [7, 11) is 0. The van der Waals surface area contributed by atoms with E-state index in [1.54, 1.807) is 6.07 Å². The SMILES string of the molecule is Fc1ccc(-c2cc3n(n2)CC2(CC2)C3)nc1. The minimum Gasteiger partial charge on any atom is -0.268 e. The number of halogens is 1. The smallest absolute Gasteiger partial charge is 0.141 e. The quantitative estimate of drug-likeness (QED) is 0.751. The van der Waals surface area contributed by atoms with Crippen LogP contribution in [0.4, 0.5) is 4.39 Å². The zero-order valence-electron chi connectivity index (χ0n) is 9.36. The molecule has 2 aliphatic rings. The minimum absolute atomic E-state index is 0.308. The summed E-state index contributed by atoms with van der Waals surface area (Å²) in [6.45, 7) is 1.05. The van der Waals surface area contributed by atoms with E-state index in [0.717, 1.165) is 24.4 Å². The van der Waals surface area contributed by atoms with Crippen molar-refractivity contribution in [2.75, 3.05) is 0 Å². The summed E-state index contributed by atoms with van der Waals surface area (Å²) >= 11 is 0. The van der Waals surface area contributed by atoms with Gasteiger partial charge in [0.2, 0.25) is 0 Å². The van der Waals surface area contributed by atoms with Crippen LogP contribution in [0.3, 0.4) is 0 Å². The van der Waals surface area contributed by atoms with E-state index in [0.29, 0.717) is 5.41 Å². The zero-order valence-corrected chi connectivity index (χ0v) is 9.36. The van der Waals surface area contributed by atoms with Crippen molar-refractivity contribution in [3.8, 4) is 11.4 Å². The third-order valence-electron chi connectivity index (χ3n) is 3.85. The van der Waals surface area contributed by atoms with Gasteiger partial charge < -0.3 is 0 Å². The summed E-state index contributed by atoms with van der Waals surface area (Å²) in [5.41, 5.74) is 3.44. The average molecular weight is 229 g/mol. The van der Waals surface area contributed by atoms with Gasteiger partial charge in [-0.15, -0.1) is 0 Å². The molecule has 1 aliphatic carbocycles. The first-order chi connectivity index (χ1) is 8.24. The molecule has 4 rings (SSSR count). The highest BCUT2D eigenvalue weighted by Crippen LogP contribution is 2.53. The first-order valence-corrected chi connectivity index (χ1v) is 5.93. The Kier molecular flexibility index (Phi) is 1.62. The van der Waals surface area contributed by atoms with Crippen molar-refractivity contribution < 1.29 is 4.39 Å². The van der Waals surface area contributed by atoms with E-state index in [-0.39, 0.29) is 5.82 Å². The Bertz CT molecular complexity index is 556. The maximum atomic E-state index is 12.8. The minimum atomic E-state index is -0.308. The lowest BCUT2D eigenvalue weighted by atomic mass is 10.0. The van der Waals surface area contributed by atoms with E-state index in [2.05, 4.69) is 20.8 Å². The second-order valence-electron chi connectivity index (χ2n) is 5.22. The van der Waals surface area contributed by atoms with Gasteiger partial charge in [-0.1, -0.05) is 0 Å². The molecule has 0 bridgehead atoms. The molecule has 0 amide bonds. The summed E-state index contributed by atoms with van der Waals surface area (Å²) in [5, 5.41) is 4.56. The van der Waals surface area contributed by atoms with Crippen molar-refractivity contribution >= 4 is 0 Å². The largest absolute Gasteiger partial charge is 0.268 e. The molecule has 1 saturated carbocycles. The summed E-state index contributed by atoms with van der Waals surface area (Å²) in [5.74, 6) is -0.308. The molecular weight excluding hydrogens is 217 g/mol. The van der Waals surface area contributed by atoms with Gasteiger partial charge in [0.1, 0.15) is 11.5 Å². The molecule has 1 aliphatic heterocycles. The molecule has 17 heavy (non-hydrogen) atoms. The standard InChI is InChI=1S/C13H12FN3/c14-9-1-2-11(15-7-9)12-5-10-6-13(3-4-13)8-17(10)16-12/h1-2,5,7H,3-4,6,8H2. The molecular formula is C13H12FN3. The molecule has 0 atom stereocenters. The van der Waals surface area contributed by atoms with Crippen LogP contribution < -0.4 is 0 Å². The van der Waals surface area contributed by atoms with Gasteiger partial charge in [0.05, 0.1) is 11.9 Å². The molecule has 2 aromatic heterocycles. The fourth-order valence-corrected chi connectivity index (χ4v) is 2.66. The fraction of sp³-hybridized carbons (Fsp3) is 0.385. The summed E-state index contributed by atoms with van der Waals surface area (Å²) in [6, 6.07) is 5.20. The van der Waals surface area contributed by atoms with Crippen LogP contribution >= 0.6 is 0 Å². The highest BCUT2D eigenvalue weighted by atomic mass is 19.1. The molecule has 3 nitrogen and oxygen atoms in total. The van der Waals surface area contributed by atoms with Crippen molar-refractivity contribution in [2.24, 2.45) is 5.41 Å². The highest BCUT2D eigenvalue weighted by Gasteiger charge is 2.48. The van der Waals surface area contributed by atoms with Crippen LogP contribution in [0.1, 0.15) is 18.5 Å². The van der Waals surface area contributed by atoms with Gasteiger partial charge in [-0.05, 0) is 42.9 Å². The van der Waals surface area contributed by atoms with Gasteiger partial charge in [-0.2, -0.15) is 5.10 Å². The van der Waals surface area contributed by atoms with Crippen LogP contribution in [0.15, 0.2) is 24.4 Å². The van der Waals surface area contributed by atoms with E-state index < -0.39 is 0 Å². The Morgan fingerprint density at radius 3 is 2.76 bits per heavy atom. The van der Waals surface area contributed by atoms with Gasteiger partial charge in [0, 0.05) is 12.2 Å². The second-order valence-corrected chi connectivity index (χ2v) is 5.22. The van der Waals surface area contributed by atoms with E-state index in [4.69, 9.17) is 0 Å². The lowest BCUT2D eigenvalue weighted by Crippen LogP contribution is -2.03. The molecule has 0 saturated heterocycles. The Balaban J connectivity index is 1.70. The highest BCUT2D eigenvalue weighted by molar-refractivity contribution is 5.54. The third kappa shape index (κ3) is 1.40. The topological polar surface area (TPSA) is 30.7 Å². The lowest BCUT2D eigenvalue weighted by molar-refractivity contribution is 0.472. The first kappa shape index (κ1) is 9.33. The van der Waals surface area contributed by atoms with Crippen molar-refractivity contribution in [3.05, 3.63) is 35.9 Å². The number of aromatic nitrogens is 3. The third-order valence-corrected chi connectivity index (χ3v) is 3.85. The molecule has 1 spiro atoms. The maximum absolute atomic E-state index is 12.8. The van der Waals surface area contributed by atoms with Crippen LogP contribution in [0.5, 0.6) is 0 Å². The number of fused-ring (bicyclic) bond motifs is 1. The van der Waals surface area contributed by atoms with Crippen LogP contribution in [0.25, 0.3) is 11.4 Å². The van der Waals surface area contributed by atoms with E-state index in [1.165, 1.54) is 30.8 Å². The van der Waals surface area contributed by atoms with Crippen LogP contribution in [-0.4, -0.2) is 14.8 Å². The van der Waals surface area contributed by atoms with Gasteiger partial charge in [-0.25, -0.2) is 4.39 Å². The van der Waals surface area contributed by atoms with Crippen molar-refractivity contribution in [1.29, 1.82) is 0 Å².